The van der Waals surface area contributed by atoms with Crippen molar-refractivity contribution in [2.45, 2.75) is 11.3 Å². The Morgan fingerprint density at radius 3 is 3.00 bits per heavy atom. The van der Waals surface area contributed by atoms with Gasteiger partial charge >= 0.3 is 5.97 Å². The smallest absolute Gasteiger partial charge is 0.304 e. The number of carboxylic acid groups (broad SMARTS) is 1. The molecule has 2 rings (SSSR count). The Morgan fingerprint density at radius 1 is 1.41 bits per heavy atom. The number of rotatable bonds is 4. The summed E-state index contributed by atoms with van der Waals surface area (Å²) < 4.78 is 0.954. The second kappa shape index (κ2) is 5.51. The lowest BCUT2D eigenvalue weighted by atomic mass is 10.2. The van der Waals surface area contributed by atoms with E-state index in [1.165, 1.54) is 0 Å². The number of benzene rings is 1. The van der Waals surface area contributed by atoms with Gasteiger partial charge in [0.15, 0.2) is 0 Å². The van der Waals surface area contributed by atoms with Gasteiger partial charge in [0.05, 0.1) is 11.9 Å². The number of carboxylic acids is 1. The molecule has 1 aromatic heterocycles. The minimum absolute atomic E-state index is 0.169. The Morgan fingerprint density at radius 2 is 2.24 bits per heavy atom. The third-order valence-corrected chi connectivity index (χ3v) is 3.97. The Kier molecular flexibility index (Phi) is 4.02. The molecule has 0 atom stereocenters. The van der Waals surface area contributed by atoms with Crippen LogP contribution >= 0.6 is 27.7 Å². The van der Waals surface area contributed by atoms with Crippen molar-refractivity contribution in [2.24, 2.45) is 0 Å². The van der Waals surface area contributed by atoms with Crippen molar-refractivity contribution in [1.29, 1.82) is 0 Å². The molecule has 3 nitrogen and oxygen atoms in total. The first-order valence-electron chi connectivity index (χ1n) is 5.06. The van der Waals surface area contributed by atoms with Crippen molar-refractivity contribution in [2.75, 3.05) is 5.75 Å². The molecule has 0 amide bonds. The van der Waals surface area contributed by atoms with Gasteiger partial charge in [0.2, 0.25) is 0 Å². The maximum atomic E-state index is 10.5. The number of para-hydroxylation sites is 1. The minimum atomic E-state index is -0.767. The highest BCUT2D eigenvalue weighted by atomic mass is 79.9. The Bertz CT molecular complexity index is 559. The summed E-state index contributed by atoms with van der Waals surface area (Å²) >= 11 is 5.00. The average Bonchev–Trinajstić information content (AvgIpc) is 2.30. The van der Waals surface area contributed by atoms with Crippen molar-refractivity contribution in [1.82, 2.24) is 4.98 Å². The second-order valence-electron chi connectivity index (χ2n) is 3.44. The second-order valence-corrected chi connectivity index (χ2v) is 5.43. The van der Waals surface area contributed by atoms with Gasteiger partial charge in [-0.2, -0.15) is 0 Å². The van der Waals surface area contributed by atoms with Crippen LogP contribution in [0, 0.1) is 0 Å². The number of halogens is 1. The molecule has 0 radical (unpaired) electrons. The summed E-state index contributed by atoms with van der Waals surface area (Å²) in [7, 11) is 0. The zero-order valence-corrected chi connectivity index (χ0v) is 11.3. The minimum Gasteiger partial charge on any atom is -0.481 e. The molecular formula is C12H10BrNO2S. The number of thioether (sulfide) groups is 1. The Labute approximate surface area is 111 Å². The van der Waals surface area contributed by atoms with Gasteiger partial charge in [-0.1, -0.05) is 12.1 Å². The fourth-order valence-corrected chi connectivity index (χ4v) is 2.93. The molecule has 0 aliphatic rings. The summed E-state index contributed by atoms with van der Waals surface area (Å²) in [5.74, 6) is -0.196. The first-order chi connectivity index (χ1) is 8.18. The lowest BCUT2D eigenvalue weighted by Gasteiger charge is -2.05. The summed E-state index contributed by atoms with van der Waals surface area (Å²) in [5, 5.41) is 9.67. The monoisotopic (exact) mass is 311 g/mol. The van der Waals surface area contributed by atoms with Crippen LogP contribution in [0.2, 0.25) is 0 Å². The van der Waals surface area contributed by atoms with Gasteiger partial charge in [-0.05, 0) is 28.1 Å². The standard InChI is InChI=1S/C12H10BrNO2S/c13-9-3-1-2-8-10(4-6-14-12(8)9)17-7-5-11(15)16/h1-4,6H,5,7H2,(H,15,16). The number of hydrogen-bond donors (Lipinski definition) is 1. The van der Waals surface area contributed by atoms with Crippen molar-refractivity contribution in [3.05, 3.63) is 34.9 Å². The zero-order valence-electron chi connectivity index (χ0n) is 8.89. The van der Waals surface area contributed by atoms with Gasteiger partial charge in [0, 0.05) is 26.7 Å². The first-order valence-corrected chi connectivity index (χ1v) is 6.84. The molecule has 0 aliphatic heterocycles. The third kappa shape index (κ3) is 2.98. The van der Waals surface area contributed by atoms with Gasteiger partial charge in [-0.15, -0.1) is 11.8 Å². The number of hydrogen-bond acceptors (Lipinski definition) is 3. The lowest BCUT2D eigenvalue weighted by molar-refractivity contribution is -0.136. The molecule has 0 unspecified atom stereocenters. The molecule has 1 aromatic carbocycles. The summed E-state index contributed by atoms with van der Waals surface area (Å²) in [5.41, 5.74) is 0.910. The Balaban J connectivity index is 2.28. The van der Waals surface area contributed by atoms with Crippen LogP contribution < -0.4 is 0 Å². The van der Waals surface area contributed by atoms with Gasteiger partial charge < -0.3 is 5.11 Å². The van der Waals surface area contributed by atoms with Crippen LogP contribution in [0.25, 0.3) is 10.9 Å². The van der Waals surface area contributed by atoms with Crippen LogP contribution in [-0.2, 0) is 4.79 Å². The van der Waals surface area contributed by atoms with Crippen LogP contribution in [0.1, 0.15) is 6.42 Å². The summed E-state index contributed by atoms with van der Waals surface area (Å²) in [4.78, 5) is 15.8. The van der Waals surface area contributed by atoms with E-state index in [4.69, 9.17) is 5.11 Å². The molecule has 1 heterocycles. The van der Waals surface area contributed by atoms with E-state index in [-0.39, 0.29) is 6.42 Å². The zero-order chi connectivity index (χ0) is 12.3. The van der Waals surface area contributed by atoms with Crippen LogP contribution in [0.15, 0.2) is 39.8 Å². The number of nitrogens with zero attached hydrogens (tertiary/aromatic N) is 1. The van der Waals surface area contributed by atoms with Gasteiger partial charge in [-0.3, -0.25) is 9.78 Å². The van der Waals surface area contributed by atoms with E-state index in [1.54, 1.807) is 18.0 Å². The Hall–Kier alpha value is -1.07. The molecule has 17 heavy (non-hydrogen) atoms. The van der Waals surface area contributed by atoms with E-state index in [0.717, 1.165) is 20.3 Å². The van der Waals surface area contributed by atoms with E-state index in [9.17, 15) is 4.79 Å². The normalized spacial score (nSPS) is 10.6. The van der Waals surface area contributed by atoms with Crippen molar-refractivity contribution < 1.29 is 9.90 Å². The fraction of sp³-hybridized carbons (Fsp3) is 0.167. The molecule has 2 aromatic rings. The largest absolute Gasteiger partial charge is 0.481 e. The predicted octanol–water partition coefficient (Wildman–Crippen LogP) is 3.56. The molecule has 0 spiro atoms. The third-order valence-electron chi connectivity index (χ3n) is 2.26. The van der Waals surface area contributed by atoms with Crippen molar-refractivity contribution in [3.8, 4) is 0 Å². The van der Waals surface area contributed by atoms with Crippen molar-refractivity contribution >= 4 is 44.6 Å². The van der Waals surface area contributed by atoms with Crippen LogP contribution in [0.4, 0.5) is 0 Å². The van der Waals surface area contributed by atoms with Crippen LogP contribution in [-0.4, -0.2) is 21.8 Å². The highest BCUT2D eigenvalue weighted by molar-refractivity contribution is 9.10. The molecule has 88 valence electrons. The number of carbonyl (C=O) groups is 1. The van der Waals surface area contributed by atoms with Gasteiger partial charge in [0.25, 0.3) is 0 Å². The fourth-order valence-electron chi connectivity index (χ4n) is 1.49. The topological polar surface area (TPSA) is 50.2 Å². The number of aliphatic carboxylic acids is 1. The van der Waals surface area contributed by atoms with Gasteiger partial charge in [0.1, 0.15) is 0 Å². The molecule has 5 heteroatoms. The van der Waals surface area contributed by atoms with Crippen LogP contribution in [0.3, 0.4) is 0 Å². The number of pyridine rings is 1. The molecular weight excluding hydrogens is 302 g/mol. The maximum Gasteiger partial charge on any atom is 0.304 e. The van der Waals surface area contributed by atoms with E-state index >= 15 is 0 Å². The van der Waals surface area contributed by atoms with E-state index in [2.05, 4.69) is 20.9 Å². The predicted molar refractivity (Wildman–Crippen MR) is 72.4 cm³/mol. The number of fused-ring (bicyclic) bond motifs is 1. The van der Waals surface area contributed by atoms with Crippen molar-refractivity contribution in [3.63, 3.8) is 0 Å². The molecule has 0 bridgehead atoms. The van der Waals surface area contributed by atoms with E-state index in [0.29, 0.717) is 5.75 Å². The summed E-state index contributed by atoms with van der Waals surface area (Å²) in [6.45, 7) is 0. The highest BCUT2D eigenvalue weighted by Gasteiger charge is 2.05. The van der Waals surface area contributed by atoms with Crippen LogP contribution in [0.5, 0.6) is 0 Å². The molecule has 0 aliphatic carbocycles. The van der Waals surface area contributed by atoms with E-state index in [1.807, 2.05) is 24.3 Å². The SMILES string of the molecule is O=C(O)CCSc1ccnc2c(Br)cccc12. The molecule has 0 saturated heterocycles. The molecule has 0 fully saturated rings. The first kappa shape index (κ1) is 12.4. The molecule has 0 saturated carbocycles. The van der Waals surface area contributed by atoms with Gasteiger partial charge in [-0.25, -0.2) is 0 Å². The average molecular weight is 312 g/mol. The highest BCUT2D eigenvalue weighted by Crippen LogP contribution is 2.30. The molecule has 1 N–H and O–H groups in total. The quantitative estimate of drug-likeness (QED) is 0.877. The lowest BCUT2D eigenvalue weighted by Crippen LogP contribution is -1.95. The summed E-state index contributed by atoms with van der Waals surface area (Å²) in [6, 6.07) is 7.81. The van der Waals surface area contributed by atoms with E-state index < -0.39 is 5.97 Å². The number of aromatic nitrogens is 1. The maximum absolute atomic E-state index is 10.5. The summed E-state index contributed by atoms with van der Waals surface area (Å²) in [6.07, 6.45) is 1.92.